The van der Waals surface area contributed by atoms with Crippen molar-refractivity contribution in [3.05, 3.63) is 0 Å². The van der Waals surface area contributed by atoms with Crippen LogP contribution in [0, 0.1) is 10.8 Å². The molecule has 0 bridgehead atoms. The van der Waals surface area contributed by atoms with Crippen LogP contribution in [-0.4, -0.2) is 142 Å². The molecule has 51 heavy (non-hydrogen) atoms. The van der Waals surface area contributed by atoms with Crippen molar-refractivity contribution in [3.8, 4) is 0 Å². The summed E-state index contributed by atoms with van der Waals surface area (Å²) in [4.78, 5) is 74.1. The first-order valence-corrected chi connectivity index (χ1v) is 20.2. The van der Waals surface area contributed by atoms with E-state index in [1.54, 1.807) is 0 Å². The van der Waals surface area contributed by atoms with Gasteiger partial charge in [-0.2, -0.15) is 75.8 Å². The van der Waals surface area contributed by atoms with Gasteiger partial charge in [0.1, 0.15) is 39.6 Å². The molecule has 0 rings (SSSR count). The molecule has 0 saturated carbocycles. The second-order valence-electron chi connectivity index (χ2n) is 11.8. The standard InChI is InChI=1S/C32H54O13S6/c33-25(2-1-8-46)14-39-17-31(22-43-28(36)5-11-49,18-40-15-26(34)3-9-47)20-42-21-32(23-44-29(37)6-12-50,24-45-30(38)7-13-51)19-41-16-27(35)4-10-48/h46-51H,1-24H2. The van der Waals surface area contributed by atoms with E-state index in [2.05, 4.69) is 75.8 Å². The number of carbonyl (C=O) groups is 6. The molecule has 0 aliphatic carbocycles. The Kier molecular flexibility index (Phi) is 31.3. The maximum Gasteiger partial charge on any atom is 0.306 e. The lowest BCUT2D eigenvalue weighted by Crippen LogP contribution is -2.47. The number of hydrogen-bond acceptors (Lipinski definition) is 19. The van der Waals surface area contributed by atoms with Gasteiger partial charge in [0.15, 0.2) is 17.3 Å². The first kappa shape index (κ1) is 50.4. The summed E-state index contributed by atoms with van der Waals surface area (Å²) in [7, 11) is 0. The molecule has 1 atom stereocenters. The summed E-state index contributed by atoms with van der Waals surface area (Å²) in [5.74, 6) is -0.377. The van der Waals surface area contributed by atoms with Crippen molar-refractivity contribution in [2.75, 3.05) is 107 Å². The third-order valence-corrected chi connectivity index (χ3v) is 8.23. The van der Waals surface area contributed by atoms with Crippen LogP contribution in [0.2, 0.25) is 0 Å². The third-order valence-electron chi connectivity index (χ3n) is 6.79. The summed E-state index contributed by atoms with van der Waals surface area (Å²) < 4.78 is 40.1. The van der Waals surface area contributed by atoms with Gasteiger partial charge in [0.05, 0.1) is 63.1 Å². The maximum atomic E-state index is 12.4. The molecule has 0 spiro atoms. The molecular formula is C32H54O13S6. The topological polar surface area (TPSA) is 167 Å². The Bertz CT molecular complexity index is 1010. The molecule has 0 aliphatic rings. The van der Waals surface area contributed by atoms with E-state index in [-0.39, 0.29) is 146 Å². The summed E-state index contributed by atoms with van der Waals surface area (Å²) in [6.07, 6.45) is 1.21. The van der Waals surface area contributed by atoms with Crippen molar-refractivity contribution < 1.29 is 61.9 Å². The molecule has 0 saturated heterocycles. The zero-order valence-corrected chi connectivity index (χ0v) is 34.3. The Balaban J connectivity index is 6.46. The molecular weight excluding hydrogens is 785 g/mol. The Morgan fingerprint density at radius 2 is 0.647 bits per heavy atom. The highest BCUT2D eigenvalue weighted by Crippen LogP contribution is 2.26. The summed E-state index contributed by atoms with van der Waals surface area (Å²) in [5, 5.41) is 0. The van der Waals surface area contributed by atoms with Crippen LogP contribution < -0.4 is 0 Å². The van der Waals surface area contributed by atoms with E-state index in [0.717, 1.165) is 0 Å². The summed E-state index contributed by atoms with van der Waals surface area (Å²) in [5.41, 5.74) is -2.54. The summed E-state index contributed by atoms with van der Waals surface area (Å²) >= 11 is 24.5. The van der Waals surface area contributed by atoms with Crippen LogP contribution in [-0.2, 0) is 61.9 Å². The van der Waals surface area contributed by atoms with Gasteiger partial charge in [-0.25, -0.2) is 0 Å². The van der Waals surface area contributed by atoms with E-state index in [9.17, 15) is 28.8 Å². The van der Waals surface area contributed by atoms with Crippen molar-refractivity contribution in [3.63, 3.8) is 0 Å². The molecule has 13 nitrogen and oxygen atoms in total. The fourth-order valence-corrected chi connectivity index (χ4v) is 5.27. The fourth-order valence-electron chi connectivity index (χ4n) is 4.06. The Morgan fingerprint density at radius 1 is 0.353 bits per heavy atom. The van der Waals surface area contributed by atoms with Crippen LogP contribution >= 0.6 is 75.8 Å². The predicted molar refractivity (Wildman–Crippen MR) is 211 cm³/mol. The van der Waals surface area contributed by atoms with Gasteiger partial charge in [-0.15, -0.1) is 0 Å². The first-order chi connectivity index (χ1) is 24.4. The van der Waals surface area contributed by atoms with Crippen molar-refractivity contribution in [2.45, 2.75) is 44.9 Å². The maximum absolute atomic E-state index is 12.4. The largest absolute Gasteiger partial charge is 0.465 e. The highest BCUT2D eigenvalue weighted by molar-refractivity contribution is 7.81. The quantitative estimate of drug-likeness (QED) is 0.0314. The fraction of sp³-hybridized carbons (Fsp3) is 0.812. The van der Waals surface area contributed by atoms with Crippen molar-refractivity contribution in [2.24, 2.45) is 10.8 Å². The SMILES string of the molecule is O=C(CCS)COCC(COCC(=O)CCCS)(COCC(COCC(=O)CCS)(COC(=O)CCS)COC(=O)CCS)COC(=O)CCS. The monoisotopic (exact) mass is 838 g/mol. The minimum absolute atomic E-state index is 0.00880. The lowest BCUT2D eigenvalue weighted by molar-refractivity contribution is -0.171. The molecule has 0 aromatic heterocycles. The van der Waals surface area contributed by atoms with Crippen molar-refractivity contribution in [1.82, 2.24) is 0 Å². The number of rotatable bonds is 35. The molecule has 0 aliphatic heterocycles. The molecule has 0 heterocycles. The molecule has 19 heteroatoms. The van der Waals surface area contributed by atoms with Crippen LogP contribution in [0.1, 0.15) is 44.9 Å². The minimum atomic E-state index is -1.30. The number of esters is 3. The van der Waals surface area contributed by atoms with Crippen LogP contribution in [0.4, 0.5) is 0 Å². The number of ether oxygens (including phenoxy) is 7. The van der Waals surface area contributed by atoms with Crippen molar-refractivity contribution in [1.29, 1.82) is 0 Å². The molecule has 1 unspecified atom stereocenters. The molecule has 0 aromatic rings. The molecule has 0 amide bonds. The average Bonchev–Trinajstić information content (AvgIpc) is 3.08. The Hall–Kier alpha value is -0.640. The van der Waals surface area contributed by atoms with E-state index in [4.69, 9.17) is 33.2 Å². The number of carbonyl (C=O) groups excluding carboxylic acids is 6. The second-order valence-corrected chi connectivity index (χ2v) is 14.4. The highest BCUT2D eigenvalue weighted by Gasteiger charge is 2.39. The number of Topliss-reactive ketones (excluding diaryl/α,β-unsaturated/α-hetero) is 3. The number of hydrogen-bond donors (Lipinski definition) is 6. The molecule has 0 aromatic carbocycles. The van der Waals surface area contributed by atoms with Gasteiger partial charge in [-0.1, -0.05) is 0 Å². The number of ketones is 3. The van der Waals surface area contributed by atoms with Gasteiger partial charge >= 0.3 is 17.9 Å². The van der Waals surface area contributed by atoms with Gasteiger partial charge in [-0.05, 0) is 23.7 Å². The lowest BCUT2D eigenvalue weighted by atomic mass is 9.90. The zero-order chi connectivity index (χ0) is 38.4. The van der Waals surface area contributed by atoms with Gasteiger partial charge in [0.2, 0.25) is 0 Å². The van der Waals surface area contributed by atoms with Crippen LogP contribution in [0.15, 0.2) is 0 Å². The Labute approximate surface area is 334 Å². The molecule has 0 radical (unpaired) electrons. The molecule has 0 fully saturated rings. The Morgan fingerprint density at radius 3 is 0.961 bits per heavy atom. The van der Waals surface area contributed by atoms with E-state index in [1.165, 1.54) is 0 Å². The number of thiol groups is 6. The van der Waals surface area contributed by atoms with Crippen LogP contribution in [0.25, 0.3) is 0 Å². The molecule has 0 N–H and O–H groups in total. The summed E-state index contributed by atoms with van der Waals surface area (Å²) in [6, 6.07) is 0. The van der Waals surface area contributed by atoms with E-state index in [1.807, 2.05) is 0 Å². The third kappa shape index (κ3) is 25.9. The van der Waals surface area contributed by atoms with Crippen LogP contribution in [0.5, 0.6) is 0 Å². The van der Waals surface area contributed by atoms with Gasteiger partial charge in [0, 0.05) is 36.5 Å². The van der Waals surface area contributed by atoms with Crippen molar-refractivity contribution >= 4 is 111 Å². The molecule has 296 valence electrons. The highest BCUT2D eigenvalue weighted by atomic mass is 32.1. The van der Waals surface area contributed by atoms with Gasteiger partial charge in [-0.3, -0.25) is 28.8 Å². The lowest BCUT2D eigenvalue weighted by Gasteiger charge is -2.36. The van der Waals surface area contributed by atoms with E-state index in [0.29, 0.717) is 23.7 Å². The average molecular weight is 839 g/mol. The second kappa shape index (κ2) is 31.7. The summed E-state index contributed by atoms with van der Waals surface area (Å²) in [6.45, 7) is -2.72. The zero-order valence-electron chi connectivity index (χ0n) is 29.0. The van der Waals surface area contributed by atoms with Crippen LogP contribution in [0.3, 0.4) is 0 Å². The smallest absolute Gasteiger partial charge is 0.306 e. The normalized spacial score (nSPS) is 12.6. The van der Waals surface area contributed by atoms with Gasteiger partial charge < -0.3 is 33.2 Å². The van der Waals surface area contributed by atoms with E-state index < -0.39 is 28.7 Å². The predicted octanol–water partition coefficient (Wildman–Crippen LogP) is 2.67. The first-order valence-electron chi connectivity index (χ1n) is 16.4. The van der Waals surface area contributed by atoms with Gasteiger partial charge in [0.25, 0.3) is 0 Å². The minimum Gasteiger partial charge on any atom is -0.465 e. The van der Waals surface area contributed by atoms with E-state index >= 15 is 0 Å².